The predicted octanol–water partition coefficient (Wildman–Crippen LogP) is 2.33. The van der Waals surface area contributed by atoms with Gasteiger partial charge in [-0.15, -0.1) is 0 Å². The second kappa shape index (κ2) is 7.31. The van der Waals surface area contributed by atoms with Crippen LogP contribution < -0.4 is 5.69 Å². The summed E-state index contributed by atoms with van der Waals surface area (Å²) in [4.78, 5) is 26.9. The maximum Gasteiger partial charge on any atom is 0.347 e. The Labute approximate surface area is 163 Å². The van der Waals surface area contributed by atoms with E-state index in [4.69, 9.17) is 0 Å². The number of alkyl halides is 2. The molecule has 0 spiro atoms. The first-order chi connectivity index (χ1) is 13.8. The van der Waals surface area contributed by atoms with Crippen LogP contribution in [0.3, 0.4) is 0 Å². The summed E-state index contributed by atoms with van der Waals surface area (Å²) in [5, 5.41) is 4.27. The molecule has 10 heteroatoms. The van der Waals surface area contributed by atoms with Crippen molar-refractivity contribution in [3.05, 3.63) is 51.7 Å². The van der Waals surface area contributed by atoms with Crippen LogP contribution in [-0.2, 0) is 11.3 Å². The van der Waals surface area contributed by atoms with Crippen molar-refractivity contribution in [2.75, 3.05) is 13.1 Å². The summed E-state index contributed by atoms with van der Waals surface area (Å²) in [6.07, 6.45) is -2.55. The summed E-state index contributed by atoms with van der Waals surface area (Å²) >= 11 is 0. The molecule has 1 amide bonds. The maximum absolute atomic E-state index is 14.0. The van der Waals surface area contributed by atoms with Gasteiger partial charge in [0.05, 0.1) is 19.6 Å². The van der Waals surface area contributed by atoms with Crippen LogP contribution in [0, 0.1) is 11.6 Å². The molecule has 0 saturated carbocycles. The van der Waals surface area contributed by atoms with Crippen molar-refractivity contribution in [1.29, 1.82) is 0 Å². The highest BCUT2D eigenvalue weighted by atomic mass is 19.2. The fourth-order valence-corrected chi connectivity index (χ4v) is 4.00. The highest BCUT2D eigenvalue weighted by Gasteiger charge is 2.41. The average molecular weight is 412 g/mol. The lowest BCUT2D eigenvalue weighted by atomic mass is 9.95. The van der Waals surface area contributed by atoms with Crippen LogP contribution in [-0.4, -0.2) is 50.6 Å². The van der Waals surface area contributed by atoms with Gasteiger partial charge in [-0.1, -0.05) is 13.0 Å². The summed E-state index contributed by atoms with van der Waals surface area (Å²) in [5.41, 5.74) is -0.527. The minimum absolute atomic E-state index is 0.0829. The second-order valence-corrected chi connectivity index (χ2v) is 7.67. The van der Waals surface area contributed by atoms with Crippen molar-refractivity contribution in [2.45, 2.75) is 50.6 Å². The third-order valence-corrected chi connectivity index (χ3v) is 5.64. The first-order valence-corrected chi connectivity index (χ1v) is 9.46. The Bertz CT molecular complexity index is 995. The van der Waals surface area contributed by atoms with Crippen LogP contribution in [0.1, 0.15) is 43.1 Å². The fraction of sp³-hybridized carbons (Fsp3) is 0.526. The molecular formula is C19H20F4N4O2. The Kier molecular flexibility index (Phi) is 4.95. The number of benzene rings is 1. The zero-order chi connectivity index (χ0) is 20.9. The Morgan fingerprint density at radius 2 is 1.86 bits per heavy atom. The molecule has 2 aliphatic heterocycles. The standard InChI is InChI=1S/C19H20F4N4O2/c1-10-2-5-16(18(28)25-8-14(22)15(23)9-25)27-17(10)24-26(19(27)29)7-11-3-4-12(20)6-13(11)21/h3-4,6,10,14-16H,2,5,7-9H2,1H3. The molecule has 1 fully saturated rings. The number of carbonyl (C=O) groups excluding carboxylic acids is 1. The normalized spacial score (nSPS) is 26.6. The van der Waals surface area contributed by atoms with Gasteiger partial charge in [0.25, 0.3) is 0 Å². The summed E-state index contributed by atoms with van der Waals surface area (Å²) < 4.78 is 56.4. The Balaban J connectivity index is 1.67. The predicted molar refractivity (Wildman–Crippen MR) is 95.0 cm³/mol. The van der Waals surface area contributed by atoms with Gasteiger partial charge in [-0.05, 0) is 18.9 Å². The van der Waals surface area contributed by atoms with E-state index in [1.165, 1.54) is 10.6 Å². The lowest BCUT2D eigenvalue weighted by Gasteiger charge is -2.29. The Morgan fingerprint density at radius 1 is 1.17 bits per heavy atom. The van der Waals surface area contributed by atoms with E-state index in [9.17, 15) is 27.2 Å². The quantitative estimate of drug-likeness (QED) is 0.728. The molecule has 0 radical (unpaired) electrons. The number of nitrogens with zero attached hydrogens (tertiary/aromatic N) is 4. The van der Waals surface area contributed by atoms with E-state index in [2.05, 4.69) is 5.10 Å². The SMILES string of the molecule is CC1CCC(C(=O)N2CC(F)C(F)C2)n2c1nn(Cc1ccc(F)cc1F)c2=O. The van der Waals surface area contributed by atoms with Gasteiger partial charge in [0.15, 0.2) is 12.3 Å². The molecule has 156 valence electrons. The smallest absolute Gasteiger partial charge is 0.335 e. The van der Waals surface area contributed by atoms with Crippen LogP contribution in [0.2, 0.25) is 0 Å². The van der Waals surface area contributed by atoms with Crippen molar-refractivity contribution < 1.29 is 22.4 Å². The first-order valence-electron chi connectivity index (χ1n) is 9.46. The Hall–Kier alpha value is -2.65. The van der Waals surface area contributed by atoms with E-state index in [0.717, 1.165) is 21.7 Å². The van der Waals surface area contributed by atoms with Crippen LogP contribution in [0.15, 0.2) is 23.0 Å². The fourth-order valence-electron chi connectivity index (χ4n) is 4.00. The van der Waals surface area contributed by atoms with Crippen molar-refractivity contribution >= 4 is 5.91 Å². The molecule has 4 unspecified atom stereocenters. The molecule has 0 N–H and O–H groups in total. The number of rotatable bonds is 3. The lowest BCUT2D eigenvalue weighted by Crippen LogP contribution is -2.42. The molecule has 3 heterocycles. The second-order valence-electron chi connectivity index (χ2n) is 7.67. The minimum Gasteiger partial charge on any atom is -0.335 e. The molecule has 1 aromatic carbocycles. The van der Waals surface area contributed by atoms with Gasteiger partial charge in [0, 0.05) is 17.5 Å². The summed E-state index contributed by atoms with van der Waals surface area (Å²) in [6, 6.07) is 2.13. The van der Waals surface area contributed by atoms with E-state index in [-0.39, 0.29) is 31.1 Å². The average Bonchev–Trinajstić information content (AvgIpc) is 3.18. The van der Waals surface area contributed by atoms with Crippen LogP contribution >= 0.6 is 0 Å². The number of hydrogen-bond donors (Lipinski definition) is 0. The molecule has 1 aromatic heterocycles. The number of amides is 1. The third-order valence-electron chi connectivity index (χ3n) is 5.64. The summed E-state index contributed by atoms with van der Waals surface area (Å²) in [7, 11) is 0. The monoisotopic (exact) mass is 412 g/mol. The van der Waals surface area contributed by atoms with Gasteiger partial charge in [-0.25, -0.2) is 27.0 Å². The van der Waals surface area contributed by atoms with E-state index >= 15 is 0 Å². The topological polar surface area (TPSA) is 60.1 Å². The zero-order valence-corrected chi connectivity index (χ0v) is 15.7. The highest BCUT2D eigenvalue weighted by molar-refractivity contribution is 5.81. The van der Waals surface area contributed by atoms with Gasteiger partial charge >= 0.3 is 5.69 Å². The Morgan fingerprint density at radius 3 is 2.52 bits per heavy atom. The first kappa shape index (κ1) is 19.7. The van der Waals surface area contributed by atoms with Gasteiger partial charge in [-0.2, -0.15) is 5.10 Å². The molecule has 0 aliphatic carbocycles. The molecule has 4 rings (SSSR count). The van der Waals surface area contributed by atoms with E-state index in [1.54, 1.807) is 0 Å². The highest BCUT2D eigenvalue weighted by Crippen LogP contribution is 2.33. The van der Waals surface area contributed by atoms with E-state index in [0.29, 0.717) is 18.7 Å². The minimum atomic E-state index is -1.73. The van der Waals surface area contributed by atoms with Crippen molar-refractivity contribution in [3.63, 3.8) is 0 Å². The largest absolute Gasteiger partial charge is 0.347 e. The molecule has 4 atom stereocenters. The van der Waals surface area contributed by atoms with E-state index < -0.39 is 41.6 Å². The van der Waals surface area contributed by atoms with Gasteiger partial charge < -0.3 is 4.90 Å². The van der Waals surface area contributed by atoms with Crippen LogP contribution in [0.4, 0.5) is 17.6 Å². The van der Waals surface area contributed by atoms with Gasteiger partial charge in [-0.3, -0.25) is 9.36 Å². The van der Waals surface area contributed by atoms with Gasteiger partial charge in [0.1, 0.15) is 23.5 Å². The third kappa shape index (κ3) is 3.44. The van der Waals surface area contributed by atoms with E-state index in [1.807, 2.05) is 6.92 Å². The van der Waals surface area contributed by atoms with Crippen molar-refractivity contribution in [1.82, 2.24) is 19.2 Å². The van der Waals surface area contributed by atoms with Crippen molar-refractivity contribution in [3.8, 4) is 0 Å². The number of halogens is 4. The lowest BCUT2D eigenvalue weighted by molar-refractivity contribution is -0.134. The number of hydrogen-bond acceptors (Lipinski definition) is 3. The molecule has 2 aliphatic rings. The van der Waals surface area contributed by atoms with Crippen LogP contribution in [0.5, 0.6) is 0 Å². The molecule has 1 saturated heterocycles. The summed E-state index contributed by atoms with van der Waals surface area (Å²) in [5.74, 6) is -1.80. The molecule has 0 bridgehead atoms. The molecule has 2 aromatic rings. The van der Waals surface area contributed by atoms with Crippen LogP contribution in [0.25, 0.3) is 0 Å². The van der Waals surface area contributed by atoms with Gasteiger partial charge in [0.2, 0.25) is 5.91 Å². The number of aromatic nitrogens is 3. The summed E-state index contributed by atoms with van der Waals surface area (Å²) in [6.45, 7) is 0.949. The number of likely N-dealkylation sites (tertiary alicyclic amines) is 1. The molecule has 29 heavy (non-hydrogen) atoms. The molecule has 6 nitrogen and oxygen atoms in total. The molecular weight excluding hydrogens is 392 g/mol. The zero-order valence-electron chi connectivity index (χ0n) is 15.7. The number of fused-ring (bicyclic) bond motifs is 1. The van der Waals surface area contributed by atoms with Crippen molar-refractivity contribution in [2.24, 2.45) is 0 Å². The number of carbonyl (C=O) groups is 1. The maximum atomic E-state index is 14.0.